The second kappa shape index (κ2) is 36.7. The predicted molar refractivity (Wildman–Crippen MR) is 245 cm³/mol. The number of rotatable bonds is 12. The van der Waals surface area contributed by atoms with Crippen molar-refractivity contribution >= 4 is 23.5 Å². The Bertz CT molecular complexity index is 1690. The zero-order valence-electron chi connectivity index (χ0n) is 36.8. The molecule has 2 heterocycles. The fourth-order valence-corrected chi connectivity index (χ4v) is 5.06. The van der Waals surface area contributed by atoms with E-state index in [9.17, 15) is 13.2 Å². The monoisotopic (exact) mass is 811 g/mol. The molecule has 6 nitrogen and oxygen atoms in total. The Morgan fingerprint density at radius 1 is 1.04 bits per heavy atom. The van der Waals surface area contributed by atoms with Gasteiger partial charge in [0.15, 0.2) is 6.30 Å². The van der Waals surface area contributed by atoms with Crippen LogP contribution in [0.25, 0.3) is 11.3 Å². The fourth-order valence-electron chi connectivity index (χ4n) is 4.86. The van der Waals surface area contributed by atoms with Gasteiger partial charge >= 0.3 is 0 Å². The molecule has 5 N–H and O–H groups in total. The van der Waals surface area contributed by atoms with Crippen molar-refractivity contribution in [1.29, 1.82) is 0 Å². The third kappa shape index (κ3) is 25.0. The molecule has 0 aliphatic rings. The van der Waals surface area contributed by atoms with Crippen molar-refractivity contribution < 1.29 is 13.2 Å². The number of aryl methyl sites for hydroxylation is 3. The number of halogens is 4. The Balaban J connectivity index is -0.000000401. The number of nitrogens with two attached hydrogens (primary N) is 2. The summed E-state index contributed by atoms with van der Waals surface area (Å²) >= 11 is 6.63. The first-order valence-corrected chi connectivity index (χ1v) is 19.6. The highest BCUT2D eigenvalue weighted by atomic mass is 35.5. The second-order valence-electron chi connectivity index (χ2n) is 11.9. The molecular weight excluding hydrogens is 741 g/mol. The largest absolute Gasteiger partial charge is 0.398 e. The van der Waals surface area contributed by atoms with E-state index in [2.05, 4.69) is 92.4 Å². The summed E-state index contributed by atoms with van der Waals surface area (Å²) in [6, 6.07) is 9.91. The highest BCUT2D eigenvalue weighted by molar-refractivity contribution is 6.33. The van der Waals surface area contributed by atoms with Crippen LogP contribution >= 0.6 is 11.6 Å². The Morgan fingerprint density at radius 3 is 2.04 bits per heavy atom. The standard InChI is InChI=1S/C24H32ClN3.C11H15FN2.C3H4F2.C3H4.C2H3N.2C2H6/c1-7-10-19(15-26-12-8-2)22-14-21(16(4)9-3)17(5)24(28-22)20-11-13-27-18(6)23(20)25;1-7-4-8(2)11(13)10(5-7)6-14-9(3)12;1-2-3(4)5;1-3-2;1-2-3;2*1-2/h11-14,16,19,26H,2,7,9-10,15H2,1,3-6H3;4-6,9H,13H2,1-3H3;2-3H,1H2;1H,2H3;1H,3H2;2*1-2H3/b;14-6+;;;;;. The zero-order chi connectivity index (χ0) is 45.1. The van der Waals surface area contributed by atoms with Crippen molar-refractivity contribution in [3.8, 4) is 36.1 Å². The van der Waals surface area contributed by atoms with Crippen LogP contribution in [-0.2, 0) is 0 Å². The van der Waals surface area contributed by atoms with Crippen LogP contribution in [-0.4, -0.2) is 35.4 Å². The van der Waals surface area contributed by atoms with E-state index in [4.69, 9.17) is 22.3 Å². The molecule has 10 heteroatoms. The second-order valence-corrected chi connectivity index (χ2v) is 12.3. The number of allylic oxidation sites excluding steroid dienone is 1. The van der Waals surface area contributed by atoms with Gasteiger partial charge < -0.3 is 16.8 Å². The van der Waals surface area contributed by atoms with Gasteiger partial charge in [-0.2, -0.15) is 0 Å². The summed E-state index contributed by atoms with van der Waals surface area (Å²) in [4.78, 5) is 13.1. The number of nitrogens with one attached hydrogen (secondary N) is 1. The SMILES string of the molecule is C#CC.C#CN.C=C=CNCC(CCC)c1cc(C(C)CC)c(C)c(-c2ccnc(C)c2Cl)n1.C=CC(F)F.CC.CC.Cc1cc(C)c(N)c(/C=N/C(C)F)c1. The number of nitrogen functional groups attached to an aromatic ring is 1. The van der Waals surface area contributed by atoms with Crippen molar-refractivity contribution in [3.05, 3.63) is 106 Å². The number of pyridine rings is 2. The molecule has 1 aromatic carbocycles. The van der Waals surface area contributed by atoms with E-state index in [1.54, 1.807) is 19.2 Å². The van der Waals surface area contributed by atoms with Gasteiger partial charge in [0.25, 0.3) is 6.43 Å². The number of hydrogen-bond acceptors (Lipinski definition) is 6. The van der Waals surface area contributed by atoms with E-state index < -0.39 is 12.7 Å². The number of nitrogens with zero attached hydrogens (tertiary/aromatic N) is 3. The number of anilines is 1. The average molecular weight is 812 g/mol. The summed E-state index contributed by atoms with van der Waals surface area (Å²) in [5, 5.41) is 3.99. The lowest BCUT2D eigenvalue weighted by Gasteiger charge is -2.22. The van der Waals surface area contributed by atoms with Gasteiger partial charge in [0.2, 0.25) is 0 Å². The van der Waals surface area contributed by atoms with Gasteiger partial charge in [0.1, 0.15) is 0 Å². The summed E-state index contributed by atoms with van der Waals surface area (Å²) in [5.74, 6) is 3.03. The van der Waals surface area contributed by atoms with E-state index >= 15 is 0 Å². The maximum atomic E-state index is 12.5. The molecule has 0 fully saturated rings. The number of alkyl halides is 3. The molecule has 3 atom stereocenters. The first-order valence-electron chi connectivity index (χ1n) is 19.2. The zero-order valence-corrected chi connectivity index (χ0v) is 37.6. The number of aromatic nitrogens is 2. The van der Waals surface area contributed by atoms with Gasteiger partial charge in [-0.05, 0) is 107 Å². The van der Waals surface area contributed by atoms with E-state index in [1.807, 2.05) is 72.9 Å². The van der Waals surface area contributed by atoms with Crippen LogP contribution in [0.3, 0.4) is 0 Å². The number of benzene rings is 1. The van der Waals surface area contributed by atoms with Crippen LogP contribution in [0.15, 0.2) is 66.6 Å². The van der Waals surface area contributed by atoms with Crippen LogP contribution < -0.4 is 16.8 Å². The Kier molecular flexibility index (Phi) is 37.8. The molecule has 0 aliphatic carbocycles. The van der Waals surface area contributed by atoms with E-state index in [-0.39, 0.29) is 0 Å². The quantitative estimate of drug-likeness (QED) is 0.0322. The van der Waals surface area contributed by atoms with Crippen LogP contribution in [0.1, 0.15) is 133 Å². The predicted octanol–water partition coefficient (Wildman–Crippen LogP) is 13.0. The minimum atomic E-state index is -2.35. The lowest BCUT2D eigenvalue weighted by Crippen LogP contribution is -2.18. The lowest BCUT2D eigenvalue weighted by atomic mass is 9.88. The van der Waals surface area contributed by atoms with Gasteiger partial charge in [-0.1, -0.05) is 97.7 Å². The topological polar surface area (TPSA) is 102 Å². The summed E-state index contributed by atoms with van der Waals surface area (Å²) in [7, 11) is 0. The van der Waals surface area contributed by atoms with Crippen molar-refractivity contribution in [2.75, 3.05) is 12.3 Å². The van der Waals surface area contributed by atoms with E-state index in [0.29, 0.717) is 28.6 Å². The van der Waals surface area contributed by atoms with Gasteiger partial charge in [0.05, 0.1) is 16.4 Å². The van der Waals surface area contributed by atoms with Crippen molar-refractivity contribution in [2.45, 2.75) is 134 Å². The molecule has 0 saturated heterocycles. The van der Waals surface area contributed by atoms with Gasteiger partial charge in [-0.25, -0.2) is 13.2 Å². The molecule has 3 aromatic rings. The number of hydrogen-bond donors (Lipinski definition) is 3. The van der Waals surface area contributed by atoms with Gasteiger partial charge in [-0.3, -0.25) is 15.0 Å². The molecule has 0 aliphatic heterocycles. The molecular formula is C47H70ClF3N6. The molecule has 316 valence electrons. The van der Waals surface area contributed by atoms with Gasteiger partial charge in [-0.15, -0.1) is 18.1 Å². The molecule has 0 spiro atoms. The molecule has 0 radical (unpaired) electrons. The van der Waals surface area contributed by atoms with Crippen molar-refractivity contribution in [3.63, 3.8) is 0 Å². The van der Waals surface area contributed by atoms with Crippen molar-refractivity contribution in [2.24, 2.45) is 10.7 Å². The molecule has 0 amide bonds. The van der Waals surface area contributed by atoms with Crippen LogP contribution in [0.4, 0.5) is 18.9 Å². The Labute approximate surface area is 349 Å². The molecule has 57 heavy (non-hydrogen) atoms. The summed E-state index contributed by atoms with van der Waals surface area (Å²) in [5.41, 5.74) is 23.0. The maximum Gasteiger partial charge on any atom is 0.256 e. The fraction of sp³-hybridized carbons (Fsp3) is 0.447. The van der Waals surface area contributed by atoms with E-state index in [1.165, 1.54) is 24.3 Å². The highest BCUT2D eigenvalue weighted by Crippen LogP contribution is 2.36. The molecule has 3 unspecified atom stereocenters. The Hall–Kier alpha value is -4.95. The molecule has 2 aromatic heterocycles. The smallest absolute Gasteiger partial charge is 0.256 e. The third-order valence-electron chi connectivity index (χ3n) is 7.58. The number of aliphatic imine (C=N–C) groups is 1. The van der Waals surface area contributed by atoms with Crippen LogP contribution in [0.5, 0.6) is 0 Å². The Morgan fingerprint density at radius 2 is 1.58 bits per heavy atom. The van der Waals surface area contributed by atoms with Crippen LogP contribution in [0, 0.1) is 52.5 Å². The third-order valence-corrected chi connectivity index (χ3v) is 8.06. The highest BCUT2D eigenvalue weighted by Gasteiger charge is 2.21. The minimum Gasteiger partial charge on any atom is -0.398 e. The van der Waals surface area contributed by atoms with Gasteiger partial charge in [0, 0.05) is 53.6 Å². The number of terminal acetylenes is 2. The first kappa shape index (κ1) is 58.8. The summed E-state index contributed by atoms with van der Waals surface area (Å²) < 4.78 is 33.8. The minimum absolute atomic E-state index is 0.318. The summed E-state index contributed by atoms with van der Waals surface area (Å²) in [6.45, 7) is 33.0. The molecule has 0 saturated carbocycles. The first-order chi connectivity index (χ1) is 27.0. The molecule has 0 bridgehead atoms. The maximum absolute atomic E-state index is 12.5. The van der Waals surface area contributed by atoms with Crippen molar-refractivity contribution in [1.82, 2.24) is 15.3 Å². The molecule has 3 rings (SSSR count). The van der Waals surface area contributed by atoms with E-state index in [0.717, 1.165) is 65.1 Å². The summed E-state index contributed by atoms with van der Waals surface area (Å²) in [6.07, 6.45) is 14.3. The lowest BCUT2D eigenvalue weighted by molar-refractivity contribution is 0.204. The van der Waals surface area contributed by atoms with Crippen LogP contribution in [0.2, 0.25) is 5.02 Å². The average Bonchev–Trinajstić information content (AvgIpc) is 3.19. The normalized spacial score (nSPS) is 10.9.